The summed E-state index contributed by atoms with van der Waals surface area (Å²) in [7, 11) is 3.16. The van der Waals surface area contributed by atoms with Gasteiger partial charge in [-0.05, 0) is 36.1 Å². The second-order valence-electron chi connectivity index (χ2n) is 7.25. The molecule has 0 atom stereocenters. The van der Waals surface area contributed by atoms with Gasteiger partial charge in [0.05, 0.1) is 19.7 Å². The van der Waals surface area contributed by atoms with Crippen LogP contribution in [-0.4, -0.2) is 61.2 Å². The molecule has 32 heavy (non-hydrogen) atoms. The molecule has 1 fully saturated rings. The van der Waals surface area contributed by atoms with E-state index in [4.69, 9.17) is 15.2 Å². The maximum Gasteiger partial charge on any atom is 0.246 e. The maximum atomic E-state index is 12.6. The molecular formula is C22H26ClN5O3S. The Kier molecular flexibility index (Phi) is 7.42. The third-order valence-corrected chi connectivity index (χ3v) is 6.36. The minimum Gasteiger partial charge on any atom is -0.493 e. The Morgan fingerprint density at radius 1 is 1.12 bits per heavy atom. The number of methoxy groups -OCH3 is 2. The highest BCUT2D eigenvalue weighted by molar-refractivity contribution is 7.11. The Labute approximate surface area is 197 Å². The quantitative estimate of drug-likeness (QED) is 0.565. The number of rotatable bonds is 5. The second kappa shape index (κ2) is 10.1. The van der Waals surface area contributed by atoms with Gasteiger partial charge in [-0.3, -0.25) is 4.79 Å². The van der Waals surface area contributed by atoms with E-state index in [1.807, 2.05) is 28.2 Å². The van der Waals surface area contributed by atoms with Gasteiger partial charge in [0.15, 0.2) is 11.5 Å². The number of nitrogen functional groups attached to an aromatic ring is 1. The number of carbonyl (C=O) groups is 1. The number of benzene rings is 1. The van der Waals surface area contributed by atoms with Crippen molar-refractivity contribution in [3.63, 3.8) is 0 Å². The molecule has 2 N–H and O–H groups in total. The zero-order valence-electron chi connectivity index (χ0n) is 18.2. The van der Waals surface area contributed by atoms with Crippen LogP contribution in [0.4, 0.5) is 11.8 Å². The van der Waals surface area contributed by atoms with Crippen LogP contribution in [0.25, 0.3) is 17.0 Å². The van der Waals surface area contributed by atoms with Gasteiger partial charge in [-0.1, -0.05) is 0 Å². The SMILES string of the molecule is COc1cc2nc(N3CCN(C(=O)/C=C/c4sccc4C)CC3)nc(N)c2cc1OC.Cl. The average molecular weight is 476 g/mol. The molecular weight excluding hydrogens is 450 g/mol. The van der Waals surface area contributed by atoms with Crippen LogP contribution in [0, 0.1) is 6.92 Å². The summed E-state index contributed by atoms with van der Waals surface area (Å²) in [4.78, 5) is 26.7. The number of piperazine rings is 1. The van der Waals surface area contributed by atoms with Crippen LogP contribution in [0.2, 0.25) is 0 Å². The zero-order chi connectivity index (χ0) is 22.0. The standard InChI is InChI=1S/C22H25N5O3S.ClH/c1-14-6-11-31-19(14)4-5-20(28)26-7-9-27(10-8-26)22-24-16-13-18(30-3)17(29-2)12-15(16)21(23)25-22;/h4-6,11-13H,7-10H2,1-3H3,(H2,23,24,25);1H/b5-4+;. The third-order valence-electron chi connectivity index (χ3n) is 5.37. The monoisotopic (exact) mass is 475 g/mol. The van der Waals surface area contributed by atoms with Crippen LogP contribution in [0.5, 0.6) is 11.5 Å². The number of nitrogens with zero attached hydrogens (tertiary/aromatic N) is 4. The van der Waals surface area contributed by atoms with Crippen molar-refractivity contribution in [1.29, 1.82) is 0 Å². The number of hydrogen-bond donors (Lipinski definition) is 1. The maximum absolute atomic E-state index is 12.6. The Morgan fingerprint density at radius 2 is 1.81 bits per heavy atom. The van der Waals surface area contributed by atoms with Crippen LogP contribution in [0.1, 0.15) is 10.4 Å². The predicted octanol–water partition coefficient (Wildman–Crippen LogP) is 3.38. The van der Waals surface area contributed by atoms with Crippen molar-refractivity contribution in [3.05, 3.63) is 40.1 Å². The van der Waals surface area contributed by atoms with Crippen molar-refractivity contribution < 1.29 is 14.3 Å². The molecule has 0 unspecified atom stereocenters. The Hall–Kier alpha value is -3.04. The molecule has 0 spiro atoms. The number of nitrogens with two attached hydrogens (primary N) is 1. The molecule has 1 aromatic carbocycles. The zero-order valence-corrected chi connectivity index (χ0v) is 19.8. The molecule has 8 nitrogen and oxygen atoms in total. The molecule has 1 aliphatic heterocycles. The Morgan fingerprint density at radius 3 is 2.44 bits per heavy atom. The molecule has 1 saturated heterocycles. The summed E-state index contributed by atoms with van der Waals surface area (Å²) in [6.07, 6.45) is 3.54. The van der Waals surface area contributed by atoms with Crippen molar-refractivity contribution in [3.8, 4) is 11.5 Å². The van der Waals surface area contributed by atoms with Gasteiger partial charge in [0.1, 0.15) is 5.82 Å². The predicted molar refractivity (Wildman–Crippen MR) is 131 cm³/mol. The highest BCUT2D eigenvalue weighted by Gasteiger charge is 2.22. The molecule has 0 aliphatic carbocycles. The number of anilines is 2. The lowest BCUT2D eigenvalue weighted by Crippen LogP contribution is -2.48. The topological polar surface area (TPSA) is 93.8 Å². The lowest BCUT2D eigenvalue weighted by atomic mass is 10.2. The van der Waals surface area contributed by atoms with Gasteiger partial charge in [0.2, 0.25) is 11.9 Å². The van der Waals surface area contributed by atoms with Crippen molar-refractivity contribution in [2.45, 2.75) is 6.92 Å². The van der Waals surface area contributed by atoms with Crippen LogP contribution >= 0.6 is 23.7 Å². The first-order chi connectivity index (χ1) is 15.0. The Balaban J connectivity index is 0.00000289. The van der Waals surface area contributed by atoms with Crippen molar-refractivity contribution in [1.82, 2.24) is 14.9 Å². The first-order valence-corrected chi connectivity index (χ1v) is 10.8. The number of aryl methyl sites for hydroxylation is 1. The summed E-state index contributed by atoms with van der Waals surface area (Å²) in [6, 6.07) is 5.63. The van der Waals surface area contributed by atoms with Crippen molar-refractivity contribution in [2.24, 2.45) is 0 Å². The van der Waals surface area contributed by atoms with E-state index in [-0.39, 0.29) is 18.3 Å². The number of hydrogen-bond acceptors (Lipinski definition) is 8. The van der Waals surface area contributed by atoms with E-state index in [2.05, 4.69) is 16.0 Å². The summed E-state index contributed by atoms with van der Waals surface area (Å²) in [5.41, 5.74) is 8.07. The van der Waals surface area contributed by atoms with E-state index in [1.165, 1.54) is 5.56 Å². The van der Waals surface area contributed by atoms with Gasteiger partial charge >= 0.3 is 0 Å². The lowest BCUT2D eigenvalue weighted by molar-refractivity contribution is -0.126. The normalized spacial score (nSPS) is 14.0. The van der Waals surface area contributed by atoms with Crippen LogP contribution in [0.3, 0.4) is 0 Å². The van der Waals surface area contributed by atoms with Gasteiger partial charge < -0.3 is 25.0 Å². The number of fused-ring (bicyclic) bond motifs is 1. The number of ether oxygens (including phenoxy) is 2. The summed E-state index contributed by atoms with van der Waals surface area (Å²) < 4.78 is 10.7. The average Bonchev–Trinajstić information content (AvgIpc) is 3.21. The smallest absolute Gasteiger partial charge is 0.246 e. The van der Waals surface area contributed by atoms with Gasteiger partial charge in [0, 0.05) is 48.6 Å². The van der Waals surface area contributed by atoms with E-state index in [0.29, 0.717) is 60.3 Å². The summed E-state index contributed by atoms with van der Waals surface area (Å²) in [5, 5.41) is 2.74. The third kappa shape index (κ3) is 4.73. The van der Waals surface area contributed by atoms with Crippen LogP contribution in [-0.2, 0) is 4.79 Å². The molecule has 170 valence electrons. The molecule has 1 amide bonds. The second-order valence-corrected chi connectivity index (χ2v) is 8.19. The highest BCUT2D eigenvalue weighted by Crippen LogP contribution is 2.34. The van der Waals surface area contributed by atoms with Gasteiger partial charge in [-0.25, -0.2) is 4.98 Å². The van der Waals surface area contributed by atoms with Gasteiger partial charge in [-0.2, -0.15) is 4.98 Å². The van der Waals surface area contributed by atoms with E-state index < -0.39 is 0 Å². The largest absolute Gasteiger partial charge is 0.493 e. The number of thiophene rings is 1. The van der Waals surface area contributed by atoms with Gasteiger partial charge in [0.25, 0.3) is 0 Å². The first-order valence-electron chi connectivity index (χ1n) is 9.95. The molecule has 4 rings (SSSR count). The highest BCUT2D eigenvalue weighted by atomic mass is 35.5. The summed E-state index contributed by atoms with van der Waals surface area (Å²) >= 11 is 1.63. The fourth-order valence-corrected chi connectivity index (χ4v) is 4.36. The minimum atomic E-state index is 0. The van der Waals surface area contributed by atoms with Crippen molar-refractivity contribution >= 4 is 58.4 Å². The van der Waals surface area contributed by atoms with Crippen LogP contribution < -0.4 is 20.1 Å². The fraction of sp³-hybridized carbons (Fsp3) is 0.318. The number of aromatic nitrogens is 2. The molecule has 0 saturated carbocycles. The molecule has 0 bridgehead atoms. The summed E-state index contributed by atoms with van der Waals surface area (Å²) in [6.45, 7) is 4.51. The lowest BCUT2D eigenvalue weighted by Gasteiger charge is -2.34. The molecule has 0 radical (unpaired) electrons. The molecule has 3 aromatic rings. The van der Waals surface area contributed by atoms with Crippen molar-refractivity contribution in [2.75, 3.05) is 51.0 Å². The number of carbonyl (C=O) groups excluding carboxylic acids is 1. The number of halogens is 1. The van der Waals surface area contributed by atoms with E-state index in [9.17, 15) is 4.79 Å². The molecule has 3 heterocycles. The number of amides is 1. The summed E-state index contributed by atoms with van der Waals surface area (Å²) in [5.74, 6) is 2.12. The van der Waals surface area contributed by atoms with Crippen LogP contribution in [0.15, 0.2) is 29.7 Å². The Bertz CT molecular complexity index is 1140. The first kappa shape index (κ1) is 23.6. The molecule has 10 heteroatoms. The van der Waals surface area contributed by atoms with Gasteiger partial charge in [-0.15, -0.1) is 23.7 Å². The molecule has 2 aromatic heterocycles. The molecule has 1 aliphatic rings. The van der Waals surface area contributed by atoms with E-state index in [1.54, 1.807) is 43.8 Å². The fourth-order valence-electron chi connectivity index (χ4n) is 3.54. The minimum absolute atomic E-state index is 0. The van der Waals surface area contributed by atoms with E-state index in [0.717, 1.165) is 4.88 Å². The van der Waals surface area contributed by atoms with E-state index >= 15 is 0 Å².